The monoisotopic (exact) mass is 285 g/mol. The highest BCUT2D eigenvalue weighted by atomic mass is 16.2. The zero-order valence-electron chi connectivity index (χ0n) is 12.7. The van der Waals surface area contributed by atoms with Crippen LogP contribution in [-0.4, -0.2) is 23.1 Å². The van der Waals surface area contributed by atoms with Gasteiger partial charge in [-0.3, -0.25) is 9.59 Å². The van der Waals surface area contributed by atoms with Crippen LogP contribution in [0.25, 0.3) is 0 Å². The molecule has 0 N–H and O–H groups in total. The quantitative estimate of drug-likeness (QED) is 0.802. The van der Waals surface area contributed by atoms with Crippen LogP contribution in [0.4, 0.5) is 0 Å². The molecule has 0 fully saturated rings. The highest BCUT2D eigenvalue weighted by Crippen LogP contribution is 2.19. The minimum absolute atomic E-state index is 0.0281. The molecule has 1 aliphatic carbocycles. The summed E-state index contributed by atoms with van der Waals surface area (Å²) >= 11 is 0. The van der Waals surface area contributed by atoms with Gasteiger partial charge < -0.3 is 4.90 Å². The van der Waals surface area contributed by atoms with Gasteiger partial charge >= 0.3 is 0 Å². The van der Waals surface area contributed by atoms with Gasteiger partial charge in [-0.1, -0.05) is 43.7 Å². The molecule has 0 saturated carbocycles. The summed E-state index contributed by atoms with van der Waals surface area (Å²) in [4.78, 5) is 26.1. The van der Waals surface area contributed by atoms with Crippen molar-refractivity contribution in [2.75, 3.05) is 6.54 Å². The van der Waals surface area contributed by atoms with Crippen molar-refractivity contribution in [3.05, 3.63) is 47.5 Å². The van der Waals surface area contributed by atoms with Crippen molar-refractivity contribution < 1.29 is 9.59 Å². The van der Waals surface area contributed by atoms with Crippen LogP contribution in [0.5, 0.6) is 0 Å². The molecule has 3 nitrogen and oxygen atoms in total. The van der Waals surface area contributed by atoms with Crippen LogP contribution in [0.15, 0.2) is 42.0 Å². The Morgan fingerprint density at radius 3 is 2.62 bits per heavy atom. The molecule has 0 unspecified atom stereocenters. The highest BCUT2D eigenvalue weighted by Gasteiger charge is 2.21. The second-order valence-corrected chi connectivity index (χ2v) is 5.56. The molecule has 0 saturated heterocycles. The van der Waals surface area contributed by atoms with Gasteiger partial charge in [-0.15, -0.1) is 0 Å². The van der Waals surface area contributed by atoms with E-state index >= 15 is 0 Å². The van der Waals surface area contributed by atoms with Crippen LogP contribution < -0.4 is 0 Å². The number of benzene rings is 1. The summed E-state index contributed by atoms with van der Waals surface area (Å²) in [7, 11) is 0. The standard InChI is InChI=1S/C18H23NO2/c1-2-3-12-19(14-15-8-5-4-6-9-15)18(21)16-10-7-11-17(20)13-16/h4-6,8-9,13H,2-3,7,10-12,14H2,1H3. The molecule has 112 valence electrons. The van der Waals surface area contributed by atoms with Crippen LogP contribution in [0.2, 0.25) is 0 Å². The number of hydrogen-bond donors (Lipinski definition) is 0. The molecule has 21 heavy (non-hydrogen) atoms. The number of ketones is 1. The van der Waals surface area contributed by atoms with Crippen LogP contribution >= 0.6 is 0 Å². The first-order valence-corrected chi connectivity index (χ1v) is 7.77. The second kappa shape index (κ2) is 7.77. The molecule has 1 aromatic rings. The molecule has 2 rings (SSSR count). The van der Waals surface area contributed by atoms with E-state index in [4.69, 9.17) is 0 Å². The van der Waals surface area contributed by atoms with Crippen molar-refractivity contribution in [1.29, 1.82) is 0 Å². The average molecular weight is 285 g/mol. The number of amides is 1. The number of carbonyl (C=O) groups is 2. The summed E-state index contributed by atoms with van der Waals surface area (Å²) in [5, 5.41) is 0. The molecule has 0 atom stereocenters. The Kier molecular flexibility index (Phi) is 5.73. The van der Waals surface area contributed by atoms with Crippen molar-refractivity contribution in [1.82, 2.24) is 4.90 Å². The number of nitrogens with zero attached hydrogens (tertiary/aromatic N) is 1. The molecule has 0 heterocycles. The Balaban J connectivity index is 2.11. The smallest absolute Gasteiger partial charge is 0.250 e. The van der Waals surface area contributed by atoms with E-state index in [0.717, 1.165) is 37.8 Å². The zero-order valence-corrected chi connectivity index (χ0v) is 12.7. The normalized spacial score (nSPS) is 14.7. The summed E-state index contributed by atoms with van der Waals surface area (Å²) in [5.41, 5.74) is 1.81. The van der Waals surface area contributed by atoms with Gasteiger partial charge in [-0.2, -0.15) is 0 Å². The lowest BCUT2D eigenvalue weighted by atomic mass is 9.97. The zero-order chi connectivity index (χ0) is 15.1. The summed E-state index contributed by atoms with van der Waals surface area (Å²) < 4.78 is 0. The van der Waals surface area contributed by atoms with E-state index in [0.29, 0.717) is 18.5 Å². The largest absolute Gasteiger partial charge is 0.335 e. The lowest BCUT2D eigenvalue weighted by Crippen LogP contribution is -2.33. The molecular formula is C18H23NO2. The van der Waals surface area contributed by atoms with Gasteiger partial charge in [0.15, 0.2) is 5.78 Å². The van der Waals surface area contributed by atoms with Gasteiger partial charge in [-0.25, -0.2) is 0 Å². The van der Waals surface area contributed by atoms with E-state index in [2.05, 4.69) is 6.92 Å². The van der Waals surface area contributed by atoms with Crippen LogP contribution in [0, 0.1) is 0 Å². The van der Waals surface area contributed by atoms with Crippen molar-refractivity contribution in [2.45, 2.75) is 45.6 Å². The Morgan fingerprint density at radius 1 is 1.19 bits per heavy atom. The first-order valence-electron chi connectivity index (χ1n) is 7.77. The molecule has 0 bridgehead atoms. The van der Waals surface area contributed by atoms with Crippen molar-refractivity contribution in [3.63, 3.8) is 0 Å². The molecule has 1 aromatic carbocycles. The lowest BCUT2D eigenvalue weighted by molar-refractivity contribution is -0.128. The average Bonchev–Trinajstić information content (AvgIpc) is 2.51. The van der Waals surface area contributed by atoms with E-state index in [1.165, 1.54) is 0 Å². The molecule has 1 aliphatic rings. The Bertz CT molecular complexity index is 519. The molecule has 0 aromatic heterocycles. The first-order chi connectivity index (χ1) is 10.2. The second-order valence-electron chi connectivity index (χ2n) is 5.56. The predicted octanol–water partition coefficient (Wildman–Crippen LogP) is 3.49. The maximum atomic E-state index is 12.7. The number of unbranched alkanes of at least 4 members (excludes halogenated alkanes) is 1. The first kappa shape index (κ1) is 15.5. The molecular weight excluding hydrogens is 262 g/mol. The third-order valence-electron chi connectivity index (χ3n) is 3.76. The number of carbonyl (C=O) groups excluding carboxylic acids is 2. The van der Waals surface area contributed by atoms with Crippen molar-refractivity contribution in [3.8, 4) is 0 Å². The van der Waals surface area contributed by atoms with Gasteiger partial charge in [0.1, 0.15) is 0 Å². The predicted molar refractivity (Wildman–Crippen MR) is 83.7 cm³/mol. The minimum atomic E-state index is 0.0281. The van der Waals surface area contributed by atoms with Gasteiger partial charge in [-0.05, 0) is 30.9 Å². The number of rotatable bonds is 6. The summed E-state index contributed by atoms with van der Waals surface area (Å²) in [5.74, 6) is 0.111. The summed E-state index contributed by atoms with van der Waals surface area (Å²) in [6.07, 6.45) is 5.68. The maximum Gasteiger partial charge on any atom is 0.250 e. The third-order valence-corrected chi connectivity index (χ3v) is 3.76. The SMILES string of the molecule is CCCCN(Cc1ccccc1)C(=O)C1=CC(=O)CCC1. The Hall–Kier alpha value is -1.90. The van der Waals surface area contributed by atoms with E-state index < -0.39 is 0 Å². The maximum absolute atomic E-state index is 12.7. The molecule has 3 heteroatoms. The van der Waals surface area contributed by atoms with Crippen molar-refractivity contribution in [2.24, 2.45) is 0 Å². The fourth-order valence-electron chi connectivity index (χ4n) is 2.57. The van der Waals surface area contributed by atoms with E-state index in [-0.39, 0.29) is 11.7 Å². The lowest BCUT2D eigenvalue weighted by Gasteiger charge is -2.25. The van der Waals surface area contributed by atoms with E-state index in [9.17, 15) is 9.59 Å². The fourth-order valence-corrected chi connectivity index (χ4v) is 2.57. The van der Waals surface area contributed by atoms with Crippen LogP contribution in [-0.2, 0) is 16.1 Å². The highest BCUT2D eigenvalue weighted by molar-refractivity contribution is 6.02. The van der Waals surface area contributed by atoms with Gasteiger partial charge in [0.25, 0.3) is 0 Å². The van der Waals surface area contributed by atoms with Gasteiger partial charge in [0.05, 0.1) is 0 Å². The number of allylic oxidation sites excluding steroid dienone is 1. The third kappa shape index (κ3) is 4.55. The minimum Gasteiger partial charge on any atom is -0.335 e. The van der Waals surface area contributed by atoms with Gasteiger partial charge in [0.2, 0.25) is 5.91 Å². The Morgan fingerprint density at radius 2 is 1.95 bits per heavy atom. The number of hydrogen-bond acceptors (Lipinski definition) is 2. The van der Waals surface area contributed by atoms with Gasteiger partial charge in [0, 0.05) is 25.1 Å². The van der Waals surface area contributed by atoms with Crippen LogP contribution in [0.3, 0.4) is 0 Å². The van der Waals surface area contributed by atoms with E-state index in [1.807, 2.05) is 35.2 Å². The topological polar surface area (TPSA) is 37.4 Å². The summed E-state index contributed by atoms with van der Waals surface area (Å²) in [6, 6.07) is 10.0. The fraction of sp³-hybridized carbons (Fsp3) is 0.444. The molecule has 1 amide bonds. The van der Waals surface area contributed by atoms with Crippen molar-refractivity contribution >= 4 is 11.7 Å². The Labute approximate surface area is 126 Å². The molecule has 0 radical (unpaired) electrons. The van der Waals surface area contributed by atoms with Crippen LogP contribution in [0.1, 0.15) is 44.6 Å². The van der Waals surface area contributed by atoms with E-state index in [1.54, 1.807) is 6.08 Å². The summed E-state index contributed by atoms with van der Waals surface area (Å²) in [6.45, 7) is 3.48. The molecule has 0 aliphatic heterocycles. The molecule has 0 spiro atoms.